The second-order valence-corrected chi connectivity index (χ2v) is 6.51. The Kier molecular flexibility index (Phi) is 3.96. The molecule has 2 N–H and O–H groups in total. The molecule has 0 saturated heterocycles. The molecule has 7 heteroatoms. The Balaban J connectivity index is 2.49. The predicted molar refractivity (Wildman–Crippen MR) is 73.1 cm³/mol. The number of nitrogen functional groups attached to an aromatic ring is 1. The molecule has 0 atom stereocenters. The van der Waals surface area contributed by atoms with Gasteiger partial charge >= 0.3 is 0 Å². The third kappa shape index (κ3) is 2.91. The van der Waals surface area contributed by atoms with Crippen LogP contribution in [0.5, 0.6) is 0 Å². The molecule has 106 valence electrons. The number of hydrogen-bond acceptors (Lipinski definition) is 3. The topological polar surface area (TPSA) is 60.2 Å². The maximum Gasteiger partial charge on any atom is 0.184 e. The summed E-state index contributed by atoms with van der Waals surface area (Å²) >= 11 is 5.78. The quantitative estimate of drug-likeness (QED) is 0.884. The van der Waals surface area contributed by atoms with Crippen LogP contribution in [0.3, 0.4) is 0 Å². The third-order valence-corrected chi connectivity index (χ3v) is 4.75. The van der Waals surface area contributed by atoms with Crippen molar-refractivity contribution in [3.05, 3.63) is 58.6 Å². The number of rotatable bonds is 3. The van der Waals surface area contributed by atoms with Gasteiger partial charge in [-0.25, -0.2) is 17.2 Å². The lowest BCUT2D eigenvalue weighted by molar-refractivity contribution is 0.584. The van der Waals surface area contributed by atoms with E-state index in [1.165, 1.54) is 12.1 Å². The van der Waals surface area contributed by atoms with Gasteiger partial charge in [-0.1, -0.05) is 17.7 Å². The smallest absolute Gasteiger partial charge is 0.184 e. The first-order valence-corrected chi connectivity index (χ1v) is 7.55. The highest BCUT2D eigenvalue weighted by molar-refractivity contribution is 7.90. The van der Waals surface area contributed by atoms with Crippen LogP contribution in [0.4, 0.5) is 14.5 Å². The molecule has 0 spiro atoms. The monoisotopic (exact) mass is 317 g/mol. The van der Waals surface area contributed by atoms with Gasteiger partial charge in [0.15, 0.2) is 9.84 Å². The molecule has 3 nitrogen and oxygen atoms in total. The molecule has 0 aromatic heterocycles. The SMILES string of the molecule is Nc1ccc(F)cc1S(=O)(=O)Cc1c(F)cccc1Cl. The van der Waals surface area contributed by atoms with Gasteiger partial charge in [-0.2, -0.15) is 0 Å². The molecule has 2 aromatic carbocycles. The van der Waals surface area contributed by atoms with Gasteiger partial charge in [0.2, 0.25) is 0 Å². The Bertz CT molecular complexity index is 743. The Morgan fingerprint density at radius 1 is 1.15 bits per heavy atom. The minimum absolute atomic E-state index is 0.0106. The molecule has 0 radical (unpaired) electrons. The first-order chi connectivity index (χ1) is 9.31. The summed E-state index contributed by atoms with van der Waals surface area (Å²) in [5, 5.41) is -0.0106. The highest BCUT2D eigenvalue weighted by atomic mass is 35.5. The molecule has 0 saturated carbocycles. The van der Waals surface area contributed by atoms with Gasteiger partial charge in [-0.05, 0) is 30.3 Å². The fourth-order valence-electron chi connectivity index (χ4n) is 1.72. The lowest BCUT2D eigenvalue weighted by Crippen LogP contribution is -2.10. The molecule has 0 heterocycles. The van der Waals surface area contributed by atoms with Crippen molar-refractivity contribution in [2.45, 2.75) is 10.6 Å². The van der Waals surface area contributed by atoms with E-state index in [0.29, 0.717) is 0 Å². The van der Waals surface area contributed by atoms with Crippen LogP contribution in [0.2, 0.25) is 5.02 Å². The second-order valence-electron chi connectivity index (χ2n) is 4.14. The lowest BCUT2D eigenvalue weighted by Gasteiger charge is -2.09. The van der Waals surface area contributed by atoms with Crippen LogP contribution >= 0.6 is 11.6 Å². The molecule has 2 rings (SSSR count). The van der Waals surface area contributed by atoms with Gasteiger partial charge in [-0.3, -0.25) is 0 Å². The molecule has 20 heavy (non-hydrogen) atoms. The van der Waals surface area contributed by atoms with E-state index in [9.17, 15) is 17.2 Å². The van der Waals surface area contributed by atoms with Gasteiger partial charge in [0.25, 0.3) is 0 Å². The number of anilines is 1. The third-order valence-electron chi connectivity index (χ3n) is 2.71. The van der Waals surface area contributed by atoms with E-state index in [1.807, 2.05) is 0 Å². The second kappa shape index (κ2) is 5.38. The fraction of sp³-hybridized carbons (Fsp3) is 0.0769. The predicted octanol–water partition coefficient (Wildman–Crippen LogP) is 3.17. The number of nitrogens with two attached hydrogens (primary N) is 1. The Labute approximate surface area is 119 Å². The Morgan fingerprint density at radius 2 is 1.85 bits per heavy atom. The van der Waals surface area contributed by atoms with Gasteiger partial charge in [0.05, 0.1) is 16.3 Å². The van der Waals surface area contributed by atoms with Crippen LogP contribution in [-0.2, 0) is 15.6 Å². The zero-order valence-corrected chi connectivity index (χ0v) is 11.7. The van der Waals surface area contributed by atoms with Crippen molar-refractivity contribution in [1.29, 1.82) is 0 Å². The molecular formula is C13H10ClF2NO2S. The molecule has 0 fully saturated rings. The summed E-state index contributed by atoms with van der Waals surface area (Å²) in [5.74, 6) is -2.17. The first-order valence-electron chi connectivity index (χ1n) is 5.52. The average molecular weight is 318 g/mol. The minimum Gasteiger partial charge on any atom is -0.398 e. The largest absolute Gasteiger partial charge is 0.398 e. The van der Waals surface area contributed by atoms with Crippen LogP contribution in [0, 0.1) is 11.6 Å². The van der Waals surface area contributed by atoms with Crippen molar-refractivity contribution in [3.63, 3.8) is 0 Å². The maximum absolute atomic E-state index is 13.6. The summed E-state index contributed by atoms with van der Waals surface area (Å²) in [4.78, 5) is -0.378. The molecule has 0 aliphatic carbocycles. The summed E-state index contributed by atoms with van der Waals surface area (Å²) < 4.78 is 51.2. The van der Waals surface area contributed by atoms with Gasteiger partial charge in [0, 0.05) is 10.6 Å². The molecule has 2 aromatic rings. The Hall–Kier alpha value is -1.66. The summed E-state index contributed by atoms with van der Waals surface area (Å²) in [6.45, 7) is 0. The highest BCUT2D eigenvalue weighted by Gasteiger charge is 2.22. The van der Waals surface area contributed by atoms with E-state index >= 15 is 0 Å². The summed E-state index contributed by atoms with van der Waals surface area (Å²) in [6, 6.07) is 6.84. The Morgan fingerprint density at radius 3 is 2.50 bits per heavy atom. The molecule has 0 aliphatic rings. The van der Waals surface area contributed by atoms with E-state index in [1.54, 1.807) is 0 Å². The van der Waals surface area contributed by atoms with Crippen molar-refractivity contribution in [2.75, 3.05) is 5.73 Å². The summed E-state index contributed by atoms with van der Waals surface area (Å²) in [5.41, 5.74) is 5.27. The zero-order chi connectivity index (χ0) is 14.9. The standard InChI is InChI=1S/C13H10ClF2NO2S/c14-10-2-1-3-11(16)9(10)7-20(18,19)13-6-8(15)4-5-12(13)17/h1-6H,7,17H2. The van der Waals surface area contributed by atoms with Crippen molar-refractivity contribution in [1.82, 2.24) is 0 Å². The van der Waals surface area contributed by atoms with Gasteiger partial charge in [-0.15, -0.1) is 0 Å². The summed E-state index contributed by atoms with van der Waals surface area (Å²) in [7, 11) is -4.00. The normalized spacial score (nSPS) is 11.6. The molecule has 0 bridgehead atoms. The minimum atomic E-state index is -4.00. The zero-order valence-electron chi connectivity index (χ0n) is 10.1. The fourth-order valence-corrected chi connectivity index (χ4v) is 3.57. The van der Waals surface area contributed by atoms with E-state index < -0.39 is 27.2 Å². The van der Waals surface area contributed by atoms with E-state index in [4.69, 9.17) is 17.3 Å². The van der Waals surface area contributed by atoms with E-state index in [0.717, 1.165) is 24.3 Å². The molecule has 0 aliphatic heterocycles. The van der Waals surface area contributed by atoms with Crippen LogP contribution < -0.4 is 5.73 Å². The number of benzene rings is 2. The van der Waals surface area contributed by atoms with E-state index in [-0.39, 0.29) is 21.2 Å². The lowest BCUT2D eigenvalue weighted by atomic mass is 10.2. The highest BCUT2D eigenvalue weighted by Crippen LogP contribution is 2.27. The van der Waals surface area contributed by atoms with Crippen LogP contribution in [0.1, 0.15) is 5.56 Å². The first kappa shape index (κ1) is 14.7. The van der Waals surface area contributed by atoms with Crippen molar-refractivity contribution in [3.8, 4) is 0 Å². The van der Waals surface area contributed by atoms with Gasteiger partial charge < -0.3 is 5.73 Å². The van der Waals surface area contributed by atoms with E-state index in [2.05, 4.69) is 0 Å². The van der Waals surface area contributed by atoms with Crippen molar-refractivity contribution in [2.24, 2.45) is 0 Å². The maximum atomic E-state index is 13.6. The molecular weight excluding hydrogens is 308 g/mol. The molecule has 0 unspecified atom stereocenters. The number of halogens is 3. The summed E-state index contributed by atoms with van der Waals surface area (Å²) in [6.07, 6.45) is 0. The number of sulfone groups is 1. The van der Waals surface area contributed by atoms with Crippen LogP contribution in [0.15, 0.2) is 41.3 Å². The van der Waals surface area contributed by atoms with Crippen LogP contribution in [0.25, 0.3) is 0 Å². The molecule has 0 amide bonds. The average Bonchev–Trinajstić information content (AvgIpc) is 2.37. The number of hydrogen-bond donors (Lipinski definition) is 1. The van der Waals surface area contributed by atoms with Gasteiger partial charge in [0.1, 0.15) is 11.6 Å². The van der Waals surface area contributed by atoms with Crippen molar-refractivity contribution >= 4 is 27.1 Å². The van der Waals surface area contributed by atoms with Crippen LogP contribution in [-0.4, -0.2) is 8.42 Å². The van der Waals surface area contributed by atoms with Crippen molar-refractivity contribution < 1.29 is 17.2 Å².